The zero-order valence-electron chi connectivity index (χ0n) is 10.6. The highest BCUT2D eigenvalue weighted by atomic mass is 16.5. The molecule has 0 atom stereocenters. The monoisotopic (exact) mass is 245 g/mol. The topological polar surface area (TPSA) is 40.6 Å². The number of methoxy groups -OCH3 is 3. The predicted octanol–water partition coefficient (Wildman–Crippen LogP) is 2.77. The Morgan fingerprint density at radius 3 is 2.06 bits per heavy atom. The molecule has 0 saturated carbocycles. The van der Waals surface area contributed by atoms with Gasteiger partial charge in [-0.25, -0.2) is 0 Å². The lowest BCUT2D eigenvalue weighted by Gasteiger charge is -2.09. The highest BCUT2D eigenvalue weighted by Crippen LogP contribution is 2.31. The molecule has 0 aliphatic heterocycles. The average Bonchev–Trinajstić information content (AvgIpc) is 2.46. The number of hydrogen-bond donors (Lipinski definition) is 0. The van der Waals surface area contributed by atoms with Gasteiger partial charge in [0.25, 0.3) is 0 Å². The first-order chi connectivity index (χ1) is 8.78. The molecular weight excluding hydrogens is 230 g/mol. The van der Waals surface area contributed by atoms with Crippen molar-refractivity contribution < 1.29 is 14.2 Å². The molecule has 0 amide bonds. The molecule has 4 nitrogen and oxygen atoms in total. The molecule has 1 heterocycles. The van der Waals surface area contributed by atoms with Crippen molar-refractivity contribution in [1.82, 2.24) is 4.98 Å². The molecule has 94 valence electrons. The molecule has 2 rings (SSSR count). The van der Waals surface area contributed by atoms with Gasteiger partial charge >= 0.3 is 0 Å². The van der Waals surface area contributed by atoms with Crippen molar-refractivity contribution in [1.29, 1.82) is 0 Å². The van der Waals surface area contributed by atoms with E-state index < -0.39 is 0 Å². The summed E-state index contributed by atoms with van der Waals surface area (Å²) in [5.74, 6) is 1.89. The Morgan fingerprint density at radius 2 is 1.50 bits per heavy atom. The third kappa shape index (κ3) is 2.37. The Hall–Kier alpha value is -2.23. The van der Waals surface area contributed by atoms with Gasteiger partial charge in [-0.15, -0.1) is 0 Å². The van der Waals surface area contributed by atoms with Crippen LogP contribution in [0, 0.1) is 0 Å². The highest BCUT2D eigenvalue weighted by Gasteiger charge is 2.08. The molecule has 1 aromatic heterocycles. The van der Waals surface area contributed by atoms with E-state index in [9.17, 15) is 0 Å². The van der Waals surface area contributed by atoms with Crippen LogP contribution in [-0.4, -0.2) is 26.3 Å². The van der Waals surface area contributed by atoms with Crippen molar-refractivity contribution in [2.75, 3.05) is 21.3 Å². The number of aromatic nitrogens is 1. The van der Waals surface area contributed by atoms with E-state index in [2.05, 4.69) is 4.98 Å². The van der Waals surface area contributed by atoms with Gasteiger partial charge in [-0.2, -0.15) is 4.98 Å². The van der Waals surface area contributed by atoms with Crippen LogP contribution in [0.4, 0.5) is 0 Å². The maximum atomic E-state index is 5.28. The third-order valence-electron chi connectivity index (χ3n) is 2.64. The van der Waals surface area contributed by atoms with Gasteiger partial charge in [-0.1, -0.05) is 12.1 Å². The first kappa shape index (κ1) is 12.2. The molecule has 0 aliphatic carbocycles. The van der Waals surface area contributed by atoms with Crippen molar-refractivity contribution in [3.05, 3.63) is 36.4 Å². The molecule has 2 aromatic rings. The average molecular weight is 245 g/mol. The second kappa shape index (κ2) is 5.40. The molecule has 0 unspecified atom stereocenters. The summed E-state index contributed by atoms with van der Waals surface area (Å²) in [7, 11) is 4.81. The van der Waals surface area contributed by atoms with Crippen LogP contribution >= 0.6 is 0 Å². The lowest BCUT2D eigenvalue weighted by atomic mass is 10.1. The van der Waals surface area contributed by atoms with Gasteiger partial charge in [0.2, 0.25) is 11.8 Å². The normalized spacial score (nSPS) is 9.94. The van der Waals surface area contributed by atoms with Gasteiger partial charge in [0.1, 0.15) is 5.75 Å². The molecule has 0 bridgehead atoms. The van der Waals surface area contributed by atoms with Crippen molar-refractivity contribution in [2.24, 2.45) is 0 Å². The Morgan fingerprint density at radius 1 is 0.778 bits per heavy atom. The molecule has 0 fully saturated rings. The van der Waals surface area contributed by atoms with Crippen molar-refractivity contribution >= 4 is 0 Å². The largest absolute Gasteiger partial charge is 0.497 e. The summed E-state index contributed by atoms with van der Waals surface area (Å²) in [4.78, 5) is 4.25. The minimum Gasteiger partial charge on any atom is -0.497 e. The number of hydrogen-bond acceptors (Lipinski definition) is 4. The van der Waals surface area contributed by atoms with Crippen LogP contribution in [0.15, 0.2) is 36.4 Å². The second-order valence-corrected chi connectivity index (χ2v) is 3.64. The molecule has 1 aromatic carbocycles. The number of rotatable bonds is 4. The van der Waals surface area contributed by atoms with Crippen LogP contribution in [0.2, 0.25) is 0 Å². The number of nitrogens with zero attached hydrogens (tertiary/aromatic N) is 1. The van der Waals surface area contributed by atoms with E-state index in [4.69, 9.17) is 14.2 Å². The van der Waals surface area contributed by atoms with Crippen molar-refractivity contribution in [3.8, 4) is 28.6 Å². The van der Waals surface area contributed by atoms with Crippen LogP contribution in [0.3, 0.4) is 0 Å². The zero-order valence-corrected chi connectivity index (χ0v) is 10.6. The van der Waals surface area contributed by atoms with Gasteiger partial charge < -0.3 is 14.2 Å². The molecule has 0 aliphatic rings. The summed E-state index contributed by atoms with van der Waals surface area (Å²) in [6.07, 6.45) is 0. The van der Waals surface area contributed by atoms with E-state index in [-0.39, 0.29) is 0 Å². The summed E-state index contributed by atoms with van der Waals surface area (Å²) in [6, 6.07) is 11.5. The molecule has 0 spiro atoms. The highest BCUT2D eigenvalue weighted by molar-refractivity contribution is 5.69. The zero-order chi connectivity index (χ0) is 13.0. The number of pyridine rings is 1. The molecule has 4 heteroatoms. The summed E-state index contributed by atoms with van der Waals surface area (Å²) in [5, 5.41) is 0. The Kier molecular flexibility index (Phi) is 3.67. The smallest absolute Gasteiger partial charge is 0.224 e. The molecular formula is C14H15NO3. The quantitative estimate of drug-likeness (QED) is 0.830. The van der Waals surface area contributed by atoms with Crippen molar-refractivity contribution in [2.45, 2.75) is 0 Å². The van der Waals surface area contributed by atoms with E-state index >= 15 is 0 Å². The Labute approximate surface area is 106 Å². The Balaban J connectivity index is 2.42. The van der Waals surface area contributed by atoms with Gasteiger partial charge in [0.15, 0.2) is 0 Å². The minimum atomic E-state index is 0.532. The molecule has 0 radical (unpaired) electrons. The van der Waals surface area contributed by atoms with Crippen LogP contribution in [0.1, 0.15) is 0 Å². The third-order valence-corrected chi connectivity index (χ3v) is 2.64. The number of benzene rings is 1. The maximum Gasteiger partial charge on any atom is 0.224 e. The van der Waals surface area contributed by atoms with Crippen LogP contribution in [0.25, 0.3) is 11.1 Å². The van der Waals surface area contributed by atoms with E-state index in [1.165, 1.54) is 0 Å². The fraction of sp³-hybridized carbons (Fsp3) is 0.214. The van der Waals surface area contributed by atoms with Crippen LogP contribution in [0.5, 0.6) is 17.5 Å². The fourth-order valence-electron chi connectivity index (χ4n) is 1.68. The summed E-state index contributed by atoms with van der Waals surface area (Å²) in [6.45, 7) is 0. The van der Waals surface area contributed by atoms with E-state index in [1.54, 1.807) is 21.3 Å². The van der Waals surface area contributed by atoms with Crippen LogP contribution < -0.4 is 14.2 Å². The maximum absolute atomic E-state index is 5.28. The molecule has 18 heavy (non-hydrogen) atoms. The summed E-state index contributed by atoms with van der Waals surface area (Å²) >= 11 is 0. The summed E-state index contributed by atoms with van der Waals surface area (Å²) in [5.41, 5.74) is 1.93. The first-order valence-corrected chi connectivity index (χ1v) is 5.52. The van der Waals surface area contributed by atoms with Gasteiger partial charge in [-0.05, 0) is 23.8 Å². The van der Waals surface area contributed by atoms with Gasteiger partial charge in [0, 0.05) is 11.6 Å². The molecule has 0 saturated heterocycles. The van der Waals surface area contributed by atoms with Crippen LogP contribution in [-0.2, 0) is 0 Å². The minimum absolute atomic E-state index is 0.532. The van der Waals surface area contributed by atoms with E-state index in [0.717, 1.165) is 16.9 Å². The van der Waals surface area contributed by atoms with E-state index in [1.807, 2.05) is 36.4 Å². The lowest BCUT2D eigenvalue weighted by Crippen LogP contribution is -1.94. The Bertz CT molecular complexity index is 523. The fourth-order valence-corrected chi connectivity index (χ4v) is 1.68. The SMILES string of the molecule is COc1ccc(-c2ccc(OC)nc2OC)cc1. The second-order valence-electron chi connectivity index (χ2n) is 3.64. The first-order valence-electron chi connectivity index (χ1n) is 5.52. The van der Waals surface area contributed by atoms with Gasteiger partial charge in [-0.3, -0.25) is 0 Å². The van der Waals surface area contributed by atoms with Crippen molar-refractivity contribution in [3.63, 3.8) is 0 Å². The summed E-state index contributed by atoms with van der Waals surface area (Å²) < 4.78 is 15.5. The van der Waals surface area contributed by atoms with E-state index in [0.29, 0.717) is 11.8 Å². The lowest BCUT2D eigenvalue weighted by molar-refractivity contribution is 0.366. The van der Waals surface area contributed by atoms with Gasteiger partial charge in [0.05, 0.1) is 21.3 Å². The predicted molar refractivity (Wildman–Crippen MR) is 69.3 cm³/mol. The standard InChI is InChI=1S/C14H15NO3/c1-16-11-6-4-10(5-7-11)12-8-9-13(17-2)15-14(12)18-3/h4-9H,1-3H3. The number of ether oxygens (including phenoxy) is 3. The molecule has 0 N–H and O–H groups in total.